The van der Waals surface area contributed by atoms with Crippen molar-refractivity contribution in [3.63, 3.8) is 0 Å². The maximum absolute atomic E-state index is 13.5. The first-order valence-corrected chi connectivity index (χ1v) is 13.0. The summed E-state index contributed by atoms with van der Waals surface area (Å²) in [7, 11) is 4.78. The van der Waals surface area contributed by atoms with Gasteiger partial charge in [-0.1, -0.05) is 42.5 Å². The predicted octanol–water partition coefficient (Wildman–Crippen LogP) is 4.19. The largest absolute Gasteiger partial charge is 0.493 e. The zero-order valence-corrected chi connectivity index (χ0v) is 22.5. The van der Waals surface area contributed by atoms with Gasteiger partial charge < -0.3 is 29.3 Å². The number of benzene rings is 2. The van der Waals surface area contributed by atoms with E-state index in [1.54, 1.807) is 37.6 Å². The Hall–Kier alpha value is -3.56. The van der Waals surface area contributed by atoms with Gasteiger partial charge in [0.15, 0.2) is 11.5 Å². The van der Waals surface area contributed by atoms with Crippen LogP contribution in [0.2, 0.25) is 0 Å². The minimum atomic E-state index is -0.301. The van der Waals surface area contributed by atoms with Crippen LogP contribution in [-0.2, 0) is 29.0 Å². The maximum Gasteiger partial charge on any atom is 0.318 e. The standard InChI is InChI=1S/C28H35N3O5S/c1-34-16-15-31(28(33)29-19-23-8-5-4-6-9-23)21-27(32)30(20-24-10-7-17-37-24)14-13-22-11-12-25(35-2)26(18-22)36-3/h4-12,17-18H,13-16,19-21H2,1-3H3,(H,29,33). The fourth-order valence-corrected chi connectivity index (χ4v) is 4.50. The zero-order valence-electron chi connectivity index (χ0n) is 21.6. The summed E-state index contributed by atoms with van der Waals surface area (Å²) < 4.78 is 15.9. The van der Waals surface area contributed by atoms with Crippen LogP contribution < -0.4 is 14.8 Å². The highest BCUT2D eigenvalue weighted by molar-refractivity contribution is 7.09. The number of ether oxygens (including phenoxy) is 3. The van der Waals surface area contributed by atoms with Crippen molar-refractivity contribution in [2.24, 2.45) is 0 Å². The van der Waals surface area contributed by atoms with Crippen LogP contribution in [0.4, 0.5) is 4.79 Å². The summed E-state index contributed by atoms with van der Waals surface area (Å²) in [5.41, 5.74) is 2.02. The predicted molar refractivity (Wildman–Crippen MR) is 145 cm³/mol. The molecule has 0 saturated heterocycles. The van der Waals surface area contributed by atoms with Crippen molar-refractivity contribution in [1.82, 2.24) is 15.1 Å². The van der Waals surface area contributed by atoms with Gasteiger partial charge in [-0.2, -0.15) is 0 Å². The van der Waals surface area contributed by atoms with Gasteiger partial charge in [0.05, 0.1) is 27.4 Å². The van der Waals surface area contributed by atoms with Crippen molar-refractivity contribution in [2.75, 3.05) is 47.6 Å². The van der Waals surface area contributed by atoms with Crippen molar-refractivity contribution in [3.05, 3.63) is 82.0 Å². The fraction of sp³-hybridized carbons (Fsp3) is 0.357. The third kappa shape index (κ3) is 8.80. The first-order chi connectivity index (χ1) is 18.0. The van der Waals surface area contributed by atoms with Gasteiger partial charge >= 0.3 is 6.03 Å². The summed E-state index contributed by atoms with van der Waals surface area (Å²) >= 11 is 1.60. The molecule has 0 fully saturated rings. The Labute approximate surface area is 222 Å². The van der Waals surface area contributed by atoms with E-state index in [2.05, 4.69) is 5.32 Å². The Morgan fingerprint density at radius 1 is 0.865 bits per heavy atom. The van der Waals surface area contributed by atoms with Crippen molar-refractivity contribution < 1.29 is 23.8 Å². The third-order valence-corrected chi connectivity index (χ3v) is 6.72. The van der Waals surface area contributed by atoms with Gasteiger partial charge in [-0.05, 0) is 41.1 Å². The normalized spacial score (nSPS) is 10.6. The van der Waals surface area contributed by atoms with E-state index in [9.17, 15) is 9.59 Å². The molecule has 1 N–H and O–H groups in total. The summed E-state index contributed by atoms with van der Waals surface area (Å²) in [5.74, 6) is 1.19. The molecule has 3 amide bonds. The van der Waals surface area contributed by atoms with Crippen molar-refractivity contribution in [2.45, 2.75) is 19.5 Å². The van der Waals surface area contributed by atoms with E-state index < -0.39 is 0 Å². The summed E-state index contributed by atoms with van der Waals surface area (Å²) in [5, 5.41) is 4.91. The Kier molecular flexibility index (Phi) is 11.3. The van der Waals surface area contributed by atoms with Crippen LogP contribution in [0.1, 0.15) is 16.0 Å². The number of amides is 3. The highest BCUT2D eigenvalue weighted by Crippen LogP contribution is 2.28. The summed E-state index contributed by atoms with van der Waals surface area (Å²) in [4.78, 5) is 30.8. The molecule has 0 saturated carbocycles. The molecule has 1 heterocycles. The number of thiophene rings is 1. The minimum absolute atomic E-state index is 0.0404. The van der Waals surface area contributed by atoms with Crippen molar-refractivity contribution in [3.8, 4) is 11.5 Å². The minimum Gasteiger partial charge on any atom is -0.493 e. The maximum atomic E-state index is 13.5. The highest BCUT2D eigenvalue weighted by atomic mass is 32.1. The van der Waals surface area contributed by atoms with Crippen molar-refractivity contribution >= 4 is 23.3 Å². The highest BCUT2D eigenvalue weighted by Gasteiger charge is 2.22. The Balaban J connectivity index is 1.69. The van der Waals surface area contributed by atoms with E-state index in [0.717, 1.165) is 16.0 Å². The molecule has 0 aliphatic heterocycles. The average Bonchev–Trinajstić information content (AvgIpc) is 3.45. The number of rotatable bonds is 14. The Morgan fingerprint density at radius 2 is 1.65 bits per heavy atom. The molecule has 0 aliphatic carbocycles. The van der Waals surface area contributed by atoms with Gasteiger partial charge in [0.1, 0.15) is 6.54 Å². The molecule has 198 valence electrons. The number of nitrogens with one attached hydrogen (secondary N) is 1. The molecular weight excluding hydrogens is 490 g/mol. The number of nitrogens with zero attached hydrogens (tertiary/aromatic N) is 2. The van der Waals surface area contributed by atoms with Crippen LogP contribution in [-0.4, -0.2) is 69.3 Å². The molecule has 1 aromatic heterocycles. The summed E-state index contributed by atoms with van der Waals surface area (Å²) in [6, 6.07) is 19.1. The molecule has 8 nitrogen and oxygen atoms in total. The van der Waals surface area contributed by atoms with Crippen molar-refractivity contribution in [1.29, 1.82) is 0 Å². The van der Waals surface area contributed by atoms with Gasteiger partial charge in [-0.15, -0.1) is 11.3 Å². The van der Waals surface area contributed by atoms with Crippen LogP contribution >= 0.6 is 11.3 Å². The van der Waals surface area contributed by atoms with E-state index in [0.29, 0.717) is 50.7 Å². The van der Waals surface area contributed by atoms with Gasteiger partial charge in [0.25, 0.3) is 0 Å². The van der Waals surface area contributed by atoms with E-state index in [-0.39, 0.29) is 18.5 Å². The lowest BCUT2D eigenvalue weighted by Gasteiger charge is -2.28. The molecule has 9 heteroatoms. The zero-order chi connectivity index (χ0) is 26.5. The van der Waals surface area contributed by atoms with Crippen LogP contribution in [0, 0.1) is 0 Å². The number of hydrogen-bond donors (Lipinski definition) is 1. The average molecular weight is 526 g/mol. The first kappa shape index (κ1) is 28.0. The lowest BCUT2D eigenvalue weighted by molar-refractivity contribution is -0.132. The molecule has 0 atom stereocenters. The van der Waals surface area contributed by atoms with Gasteiger partial charge in [-0.3, -0.25) is 4.79 Å². The Morgan fingerprint density at radius 3 is 2.32 bits per heavy atom. The van der Waals surface area contributed by atoms with E-state index in [1.165, 1.54) is 4.90 Å². The number of urea groups is 1. The molecule has 0 aliphatic rings. The van der Waals surface area contributed by atoms with E-state index in [4.69, 9.17) is 14.2 Å². The van der Waals surface area contributed by atoms with Crippen LogP contribution in [0.25, 0.3) is 0 Å². The molecule has 37 heavy (non-hydrogen) atoms. The lowest BCUT2D eigenvalue weighted by Crippen LogP contribution is -2.47. The fourth-order valence-electron chi connectivity index (χ4n) is 3.79. The van der Waals surface area contributed by atoms with Gasteiger partial charge in [0, 0.05) is 31.6 Å². The van der Waals surface area contributed by atoms with Crippen LogP contribution in [0.15, 0.2) is 66.0 Å². The summed E-state index contributed by atoms with van der Waals surface area (Å²) in [6.07, 6.45) is 0.635. The number of carbonyl (C=O) groups is 2. The SMILES string of the molecule is COCCN(CC(=O)N(CCc1ccc(OC)c(OC)c1)Cc1cccs1)C(=O)NCc1ccccc1. The van der Waals surface area contributed by atoms with Crippen LogP contribution in [0.5, 0.6) is 11.5 Å². The molecule has 2 aromatic carbocycles. The molecule has 3 rings (SSSR count). The second-order valence-electron chi connectivity index (χ2n) is 8.39. The molecule has 0 radical (unpaired) electrons. The monoisotopic (exact) mass is 525 g/mol. The number of hydrogen-bond acceptors (Lipinski definition) is 6. The second-order valence-corrected chi connectivity index (χ2v) is 9.42. The first-order valence-electron chi connectivity index (χ1n) is 12.1. The van der Waals surface area contributed by atoms with Crippen LogP contribution in [0.3, 0.4) is 0 Å². The topological polar surface area (TPSA) is 80.3 Å². The van der Waals surface area contributed by atoms with Gasteiger partial charge in [0.2, 0.25) is 5.91 Å². The third-order valence-electron chi connectivity index (χ3n) is 5.86. The second kappa shape index (κ2) is 14.9. The molecule has 0 bridgehead atoms. The lowest BCUT2D eigenvalue weighted by atomic mass is 10.1. The molecule has 3 aromatic rings. The quantitative estimate of drug-likeness (QED) is 0.341. The van der Waals surface area contributed by atoms with E-state index >= 15 is 0 Å². The van der Waals surface area contributed by atoms with E-state index in [1.807, 2.05) is 66.0 Å². The smallest absolute Gasteiger partial charge is 0.318 e. The molecular formula is C28H35N3O5S. The Bertz CT molecular complexity index is 1110. The molecule has 0 unspecified atom stereocenters. The molecule has 0 spiro atoms. The summed E-state index contributed by atoms with van der Waals surface area (Å²) in [6.45, 7) is 1.97. The van der Waals surface area contributed by atoms with Gasteiger partial charge in [-0.25, -0.2) is 4.79 Å². The number of carbonyl (C=O) groups excluding carboxylic acids is 2. The number of methoxy groups -OCH3 is 3.